The van der Waals surface area contributed by atoms with E-state index in [9.17, 15) is 4.39 Å². The standard InChI is InChI=1S/C14H15ClFNOS/c1-9(17)4-10-5-11(16)7-12(6-10)18-8-13-2-3-14(15)19-13/h2-3,5-7,9H,4,8,17H2,1H3. The van der Waals surface area contributed by atoms with Crippen LogP contribution in [0, 0.1) is 5.82 Å². The van der Waals surface area contributed by atoms with Crippen LogP contribution in [-0.4, -0.2) is 6.04 Å². The van der Waals surface area contributed by atoms with Crippen LogP contribution < -0.4 is 10.5 Å². The summed E-state index contributed by atoms with van der Waals surface area (Å²) in [5.41, 5.74) is 6.56. The molecule has 0 aliphatic carbocycles. The van der Waals surface area contributed by atoms with Crippen LogP contribution in [0.1, 0.15) is 17.4 Å². The Labute approximate surface area is 121 Å². The van der Waals surface area contributed by atoms with Crippen LogP contribution in [0.25, 0.3) is 0 Å². The van der Waals surface area contributed by atoms with E-state index in [0.29, 0.717) is 18.8 Å². The van der Waals surface area contributed by atoms with E-state index in [2.05, 4.69) is 0 Å². The zero-order chi connectivity index (χ0) is 13.8. The van der Waals surface area contributed by atoms with E-state index in [0.717, 1.165) is 14.8 Å². The molecule has 0 fully saturated rings. The summed E-state index contributed by atoms with van der Waals surface area (Å²) in [6, 6.07) is 8.39. The highest BCUT2D eigenvalue weighted by atomic mass is 35.5. The van der Waals surface area contributed by atoms with E-state index < -0.39 is 0 Å². The Balaban J connectivity index is 2.05. The summed E-state index contributed by atoms with van der Waals surface area (Å²) in [6.07, 6.45) is 0.624. The monoisotopic (exact) mass is 299 g/mol. The van der Waals surface area contributed by atoms with Gasteiger partial charge in [0, 0.05) is 17.0 Å². The predicted octanol–water partition coefficient (Wildman–Crippen LogP) is 4.01. The Morgan fingerprint density at radius 3 is 2.79 bits per heavy atom. The quantitative estimate of drug-likeness (QED) is 0.905. The van der Waals surface area contributed by atoms with Gasteiger partial charge in [-0.15, -0.1) is 11.3 Å². The lowest BCUT2D eigenvalue weighted by atomic mass is 10.1. The molecule has 1 unspecified atom stereocenters. The second kappa shape index (κ2) is 6.37. The molecule has 0 amide bonds. The first-order valence-electron chi connectivity index (χ1n) is 5.95. The van der Waals surface area contributed by atoms with Gasteiger partial charge in [-0.1, -0.05) is 11.6 Å². The molecule has 0 saturated carbocycles. The number of thiophene rings is 1. The zero-order valence-corrected chi connectivity index (χ0v) is 12.1. The Morgan fingerprint density at radius 2 is 2.16 bits per heavy atom. The van der Waals surface area contributed by atoms with Gasteiger partial charge in [0.05, 0.1) is 4.34 Å². The van der Waals surface area contributed by atoms with Gasteiger partial charge >= 0.3 is 0 Å². The molecule has 2 N–H and O–H groups in total. The van der Waals surface area contributed by atoms with E-state index in [4.69, 9.17) is 22.1 Å². The Kier molecular flexibility index (Phi) is 4.80. The summed E-state index contributed by atoms with van der Waals surface area (Å²) in [5, 5.41) is 0. The minimum atomic E-state index is -0.308. The highest BCUT2D eigenvalue weighted by molar-refractivity contribution is 7.16. The van der Waals surface area contributed by atoms with E-state index in [1.54, 1.807) is 0 Å². The molecule has 0 radical (unpaired) electrons. The summed E-state index contributed by atoms with van der Waals surface area (Å²) in [5.74, 6) is 0.206. The molecule has 2 rings (SSSR count). The van der Waals surface area contributed by atoms with Gasteiger partial charge in [-0.3, -0.25) is 0 Å². The third-order valence-electron chi connectivity index (χ3n) is 2.50. The van der Waals surface area contributed by atoms with Crippen LogP contribution in [0.4, 0.5) is 4.39 Å². The van der Waals surface area contributed by atoms with E-state index >= 15 is 0 Å². The first kappa shape index (κ1) is 14.3. The van der Waals surface area contributed by atoms with Crippen LogP contribution in [0.15, 0.2) is 30.3 Å². The maximum Gasteiger partial charge on any atom is 0.127 e. The molecule has 0 spiro atoms. The summed E-state index contributed by atoms with van der Waals surface area (Å²) in [6.45, 7) is 2.28. The molecule has 1 aromatic carbocycles. The van der Waals surface area contributed by atoms with E-state index in [1.165, 1.54) is 23.5 Å². The van der Waals surface area contributed by atoms with Crippen LogP contribution in [-0.2, 0) is 13.0 Å². The third kappa shape index (κ3) is 4.49. The number of ether oxygens (including phenoxy) is 1. The van der Waals surface area contributed by atoms with Gasteiger partial charge in [-0.25, -0.2) is 4.39 Å². The fraction of sp³-hybridized carbons (Fsp3) is 0.286. The second-order valence-corrected chi connectivity index (χ2v) is 6.27. The molecule has 0 aliphatic rings. The van der Waals surface area contributed by atoms with Gasteiger partial charge in [-0.2, -0.15) is 0 Å². The molecule has 5 heteroatoms. The van der Waals surface area contributed by atoms with Gasteiger partial charge in [0.15, 0.2) is 0 Å². The van der Waals surface area contributed by atoms with Gasteiger partial charge in [0.1, 0.15) is 18.2 Å². The van der Waals surface area contributed by atoms with Crippen molar-refractivity contribution in [3.63, 3.8) is 0 Å². The van der Waals surface area contributed by atoms with Crippen LogP contribution in [0.2, 0.25) is 4.34 Å². The number of rotatable bonds is 5. The van der Waals surface area contributed by atoms with Crippen LogP contribution in [0.5, 0.6) is 5.75 Å². The van der Waals surface area contributed by atoms with Crippen molar-refractivity contribution in [2.45, 2.75) is 26.0 Å². The molecule has 2 aromatic rings. The molecule has 0 aliphatic heterocycles. The van der Waals surface area contributed by atoms with Crippen molar-refractivity contribution in [3.05, 3.63) is 50.9 Å². The lowest BCUT2D eigenvalue weighted by molar-refractivity contribution is 0.307. The normalized spacial score (nSPS) is 12.4. The Morgan fingerprint density at radius 1 is 1.37 bits per heavy atom. The molecule has 102 valence electrons. The summed E-state index contributed by atoms with van der Waals surface area (Å²) >= 11 is 7.29. The highest BCUT2D eigenvalue weighted by Crippen LogP contribution is 2.24. The van der Waals surface area contributed by atoms with Gasteiger partial charge in [0.2, 0.25) is 0 Å². The molecular formula is C14H15ClFNOS. The lowest BCUT2D eigenvalue weighted by Gasteiger charge is -2.09. The molecular weight excluding hydrogens is 285 g/mol. The van der Waals surface area contributed by atoms with E-state index in [-0.39, 0.29) is 11.9 Å². The summed E-state index contributed by atoms with van der Waals surface area (Å²) < 4.78 is 19.8. The maximum absolute atomic E-state index is 13.5. The van der Waals surface area contributed by atoms with Crippen molar-refractivity contribution in [3.8, 4) is 5.75 Å². The zero-order valence-electron chi connectivity index (χ0n) is 10.5. The maximum atomic E-state index is 13.5. The molecule has 0 saturated heterocycles. The second-order valence-electron chi connectivity index (χ2n) is 4.47. The minimum absolute atomic E-state index is 0.00856. The minimum Gasteiger partial charge on any atom is -0.488 e. The Hall–Kier alpha value is -1.10. The average molecular weight is 300 g/mol. The van der Waals surface area contributed by atoms with Crippen molar-refractivity contribution in [2.24, 2.45) is 5.73 Å². The molecule has 1 atom stereocenters. The topological polar surface area (TPSA) is 35.2 Å². The molecule has 19 heavy (non-hydrogen) atoms. The number of hydrogen-bond acceptors (Lipinski definition) is 3. The number of benzene rings is 1. The van der Waals surface area contributed by atoms with Gasteiger partial charge in [0.25, 0.3) is 0 Å². The van der Waals surface area contributed by atoms with Crippen molar-refractivity contribution in [1.82, 2.24) is 0 Å². The first-order chi connectivity index (χ1) is 9.02. The molecule has 1 aromatic heterocycles. The third-order valence-corrected chi connectivity index (χ3v) is 3.70. The Bertz CT molecular complexity index is 556. The average Bonchev–Trinajstić information content (AvgIpc) is 2.71. The number of hydrogen-bond donors (Lipinski definition) is 1. The van der Waals surface area contributed by atoms with Crippen LogP contribution in [0.3, 0.4) is 0 Å². The number of halogens is 2. The van der Waals surface area contributed by atoms with Crippen molar-refractivity contribution in [1.29, 1.82) is 0 Å². The van der Waals surface area contributed by atoms with E-state index in [1.807, 2.05) is 25.1 Å². The SMILES string of the molecule is CC(N)Cc1cc(F)cc(OCc2ccc(Cl)s2)c1. The first-order valence-corrected chi connectivity index (χ1v) is 7.14. The fourth-order valence-corrected chi connectivity index (χ4v) is 2.78. The summed E-state index contributed by atoms with van der Waals surface area (Å²) in [4.78, 5) is 1.00. The molecule has 2 nitrogen and oxygen atoms in total. The summed E-state index contributed by atoms with van der Waals surface area (Å²) in [7, 11) is 0. The van der Waals surface area contributed by atoms with Crippen molar-refractivity contribution >= 4 is 22.9 Å². The smallest absolute Gasteiger partial charge is 0.127 e. The molecule has 1 heterocycles. The van der Waals surface area contributed by atoms with Crippen LogP contribution >= 0.6 is 22.9 Å². The predicted molar refractivity (Wildman–Crippen MR) is 77.4 cm³/mol. The van der Waals surface area contributed by atoms with Crippen molar-refractivity contribution in [2.75, 3.05) is 0 Å². The van der Waals surface area contributed by atoms with Crippen molar-refractivity contribution < 1.29 is 9.13 Å². The lowest BCUT2D eigenvalue weighted by Crippen LogP contribution is -2.17. The van der Waals surface area contributed by atoms with Gasteiger partial charge in [-0.05, 0) is 43.2 Å². The largest absolute Gasteiger partial charge is 0.488 e. The molecule has 0 bridgehead atoms. The van der Waals surface area contributed by atoms with Gasteiger partial charge < -0.3 is 10.5 Å². The number of nitrogens with two attached hydrogens (primary N) is 1. The highest BCUT2D eigenvalue weighted by Gasteiger charge is 2.05. The fourth-order valence-electron chi connectivity index (χ4n) is 1.78.